The van der Waals surface area contributed by atoms with Crippen LogP contribution in [0.4, 0.5) is 5.13 Å². The number of benzene rings is 1. The third kappa shape index (κ3) is 3.28. The number of nitrogens with zero attached hydrogens (tertiary/aromatic N) is 3. The number of hydrogen-bond donors (Lipinski definition) is 0. The third-order valence-electron chi connectivity index (χ3n) is 4.09. The van der Waals surface area contributed by atoms with Gasteiger partial charge in [-0.2, -0.15) is 0 Å². The Morgan fingerprint density at radius 3 is 2.46 bits per heavy atom. The molecule has 0 spiro atoms. The number of anilines is 1. The summed E-state index contributed by atoms with van der Waals surface area (Å²) >= 11 is 1.54. The van der Waals surface area contributed by atoms with Crippen molar-refractivity contribution >= 4 is 36.7 Å². The fourth-order valence-electron chi connectivity index (χ4n) is 2.83. The zero-order chi connectivity index (χ0) is 17.3. The molecule has 2 aromatic rings. The van der Waals surface area contributed by atoms with E-state index in [4.69, 9.17) is 14.5 Å². The normalized spacial score (nSPS) is 17.0. The van der Waals surface area contributed by atoms with Gasteiger partial charge in [-0.1, -0.05) is 11.3 Å². The van der Waals surface area contributed by atoms with E-state index in [0.717, 1.165) is 34.1 Å². The van der Waals surface area contributed by atoms with E-state index in [1.54, 1.807) is 25.6 Å². The van der Waals surface area contributed by atoms with E-state index >= 15 is 0 Å². The Hall–Kier alpha value is -1.58. The van der Waals surface area contributed by atoms with Crippen LogP contribution in [0.1, 0.15) is 6.42 Å². The van der Waals surface area contributed by atoms with Crippen molar-refractivity contribution in [3.8, 4) is 11.5 Å². The van der Waals surface area contributed by atoms with Crippen molar-refractivity contribution in [1.82, 2.24) is 9.29 Å². The maximum Gasteiger partial charge on any atom is 0.211 e. The monoisotopic (exact) mass is 371 g/mol. The van der Waals surface area contributed by atoms with Gasteiger partial charge in [-0.15, -0.1) is 0 Å². The smallest absolute Gasteiger partial charge is 0.211 e. The lowest BCUT2D eigenvalue weighted by atomic mass is 10.3. The lowest BCUT2D eigenvalue weighted by Gasteiger charge is -2.19. The lowest BCUT2D eigenvalue weighted by Crippen LogP contribution is -2.34. The van der Waals surface area contributed by atoms with Crippen molar-refractivity contribution in [2.45, 2.75) is 6.42 Å². The minimum Gasteiger partial charge on any atom is -0.495 e. The number of hydrogen-bond acceptors (Lipinski definition) is 7. The van der Waals surface area contributed by atoms with Gasteiger partial charge in [0.25, 0.3) is 0 Å². The van der Waals surface area contributed by atoms with Crippen LogP contribution in [-0.4, -0.2) is 64.4 Å². The van der Waals surface area contributed by atoms with Crippen molar-refractivity contribution in [1.29, 1.82) is 0 Å². The zero-order valence-electron chi connectivity index (χ0n) is 14.0. The molecule has 1 aliphatic heterocycles. The highest BCUT2D eigenvalue weighted by Gasteiger charge is 2.24. The van der Waals surface area contributed by atoms with Crippen LogP contribution in [0.2, 0.25) is 0 Å². The summed E-state index contributed by atoms with van der Waals surface area (Å²) in [5.74, 6) is 1.48. The Kier molecular flexibility index (Phi) is 4.84. The molecule has 9 heteroatoms. The van der Waals surface area contributed by atoms with Gasteiger partial charge in [-0.05, 0) is 18.6 Å². The molecule has 0 atom stereocenters. The molecule has 0 radical (unpaired) electrons. The van der Waals surface area contributed by atoms with Gasteiger partial charge in [0.05, 0.1) is 20.5 Å². The Morgan fingerprint density at radius 2 is 1.79 bits per heavy atom. The number of thiazole rings is 1. The first kappa shape index (κ1) is 17.2. The summed E-state index contributed by atoms with van der Waals surface area (Å²) in [6, 6.07) is 3.72. The van der Waals surface area contributed by atoms with Gasteiger partial charge in [-0.3, -0.25) is 0 Å². The Morgan fingerprint density at radius 1 is 1.08 bits per heavy atom. The van der Waals surface area contributed by atoms with Crippen LogP contribution in [0.15, 0.2) is 12.1 Å². The van der Waals surface area contributed by atoms with Crippen molar-refractivity contribution in [2.75, 3.05) is 51.6 Å². The van der Waals surface area contributed by atoms with Crippen LogP contribution in [0.5, 0.6) is 11.5 Å². The molecule has 0 unspecified atom stereocenters. The van der Waals surface area contributed by atoms with E-state index in [0.29, 0.717) is 25.4 Å². The highest BCUT2D eigenvalue weighted by atomic mass is 32.2. The van der Waals surface area contributed by atoms with E-state index in [9.17, 15) is 8.42 Å². The van der Waals surface area contributed by atoms with Crippen molar-refractivity contribution in [3.05, 3.63) is 12.1 Å². The Labute approximate surface area is 145 Å². The molecule has 1 fully saturated rings. The fraction of sp³-hybridized carbons (Fsp3) is 0.533. The number of sulfonamides is 1. The molecule has 132 valence electrons. The van der Waals surface area contributed by atoms with Gasteiger partial charge in [0.1, 0.15) is 21.7 Å². The first-order valence-electron chi connectivity index (χ1n) is 7.65. The van der Waals surface area contributed by atoms with Crippen molar-refractivity contribution in [2.24, 2.45) is 0 Å². The van der Waals surface area contributed by atoms with E-state index in [-0.39, 0.29) is 0 Å². The average molecular weight is 371 g/mol. The van der Waals surface area contributed by atoms with Crippen LogP contribution in [0, 0.1) is 0 Å². The van der Waals surface area contributed by atoms with Crippen molar-refractivity contribution in [3.63, 3.8) is 0 Å². The molecule has 0 aliphatic carbocycles. The molecular weight excluding hydrogens is 350 g/mol. The molecule has 1 aromatic carbocycles. The largest absolute Gasteiger partial charge is 0.495 e. The van der Waals surface area contributed by atoms with Gasteiger partial charge in [0.2, 0.25) is 10.0 Å². The molecule has 2 heterocycles. The highest BCUT2D eigenvalue weighted by Crippen LogP contribution is 2.40. The minimum absolute atomic E-state index is 0.475. The molecule has 0 bridgehead atoms. The maximum absolute atomic E-state index is 11.8. The third-order valence-corrected chi connectivity index (χ3v) is 6.53. The van der Waals surface area contributed by atoms with E-state index in [1.807, 2.05) is 12.1 Å². The van der Waals surface area contributed by atoms with E-state index < -0.39 is 10.0 Å². The van der Waals surface area contributed by atoms with Gasteiger partial charge in [0.15, 0.2) is 5.13 Å². The van der Waals surface area contributed by atoms with Crippen LogP contribution in [-0.2, 0) is 10.0 Å². The predicted octanol–water partition coefficient (Wildman–Crippen LogP) is 1.79. The second kappa shape index (κ2) is 6.73. The van der Waals surface area contributed by atoms with Crippen molar-refractivity contribution < 1.29 is 17.9 Å². The van der Waals surface area contributed by atoms with Gasteiger partial charge < -0.3 is 14.4 Å². The molecule has 0 amide bonds. The first-order valence-corrected chi connectivity index (χ1v) is 10.3. The standard InChI is InChI=1S/C15H21N3O4S2/c1-21-11-5-6-12(22-2)14-13(11)16-15(23-14)17-7-4-8-18(10-9-17)24(3,19)20/h5-6H,4,7-10H2,1-3H3. The summed E-state index contributed by atoms with van der Waals surface area (Å²) in [4.78, 5) is 6.85. The Balaban J connectivity index is 1.92. The number of methoxy groups -OCH3 is 2. The summed E-state index contributed by atoms with van der Waals surface area (Å²) in [5, 5.41) is 0.864. The number of fused-ring (bicyclic) bond motifs is 1. The summed E-state index contributed by atoms with van der Waals surface area (Å²) in [5.41, 5.74) is 0.779. The molecule has 1 aliphatic rings. The van der Waals surface area contributed by atoms with E-state index in [1.165, 1.54) is 10.6 Å². The highest BCUT2D eigenvalue weighted by molar-refractivity contribution is 7.88. The zero-order valence-corrected chi connectivity index (χ0v) is 15.6. The van der Waals surface area contributed by atoms with E-state index in [2.05, 4.69) is 4.90 Å². The second-order valence-electron chi connectivity index (χ2n) is 5.65. The quantitative estimate of drug-likeness (QED) is 0.816. The number of ether oxygens (including phenoxy) is 2. The lowest BCUT2D eigenvalue weighted by molar-refractivity contribution is 0.410. The minimum atomic E-state index is -3.15. The van der Waals surface area contributed by atoms with Crippen LogP contribution >= 0.6 is 11.3 Å². The topological polar surface area (TPSA) is 72.0 Å². The van der Waals surface area contributed by atoms with Gasteiger partial charge in [-0.25, -0.2) is 17.7 Å². The molecule has 0 saturated carbocycles. The fourth-order valence-corrected chi connectivity index (χ4v) is 4.83. The predicted molar refractivity (Wildman–Crippen MR) is 96.0 cm³/mol. The molecule has 7 nitrogen and oxygen atoms in total. The second-order valence-corrected chi connectivity index (χ2v) is 8.61. The summed E-state index contributed by atoms with van der Waals surface area (Å²) < 4.78 is 36.8. The van der Waals surface area contributed by atoms with Gasteiger partial charge >= 0.3 is 0 Å². The molecule has 1 saturated heterocycles. The first-order chi connectivity index (χ1) is 11.4. The number of aromatic nitrogens is 1. The SMILES string of the molecule is COc1ccc(OC)c2sc(N3CCCN(S(C)(=O)=O)CC3)nc12. The van der Waals surface area contributed by atoms with Crippen LogP contribution < -0.4 is 14.4 Å². The molecule has 3 rings (SSSR count). The molecule has 1 aromatic heterocycles. The summed E-state index contributed by atoms with van der Waals surface area (Å²) in [6.45, 7) is 2.42. The van der Waals surface area contributed by atoms with Gasteiger partial charge in [0, 0.05) is 26.2 Å². The number of rotatable bonds is 4. The maximum atomic E-state index is 11.8. The van der Waals surface area contributed by atoms with Crippen LogP contribution in [0.25, 0.3) is 10.2 Å². The molecule has 0 N–H and O–H groups in total. The van der Waals surface area contributed by atoms with Crippen LogP contribution in [0.3, 0.4) is 0 Å². The average Bonchev–Trinajstić information content (AvgIpc) is 2.83. The molecular formula is C15H21N3O4S2. The Bertz CT molecular complexity index is 794. The summed E-state index contributed by atoms with van der Waals surface area (Å²) in [6.07, 6.45) is 2.04. The summed E-state index contributed by atoms with van der Waals surface area (Å²) in [7, 11) is 0.106. The molecule has 24 heavy (non-hydrogen) atoms.